The highest BCUT2D eigenvalue weighted by molar-refractivity contribution is 5.96. The van der Waals surface area contributed by atoms with E-state index in [1.54, 1.807) is 13.1 Å². The van der Waals surface area contributed by atoms with Gasteiger partial charge in [0, 0.05) is 56.8 Å². The van der Waals surface area contributed by atoms with Crippen molar-refractivity contribution in [3.05, 3.63) is 58.0 Å². The number of amides is 1. The Bertz CT molecular complexity index is 1330. The molecule has 0 spiro atoms. The van der Waals surface area contributed by atoms with E-state index < -0.39 is 11.3 Å². The van der Waals surface area contributed by atoms with Crippen molar-refractivity contribution in [2.24, 2.45) is 0 Å². The zero-order chi connectivity index (χ0) is 27.2. The molecule has 10 heteroatoms. The summed E-state index contributed by atoms with van der Waals surface area (Å²) >= 11 is 0. The molecule has 1 aromatic carbocycles. The van der Waals surface area contributed by atoms with Gasteiger partial charge in [0.15, 0.2) is 0 Å². The van der Waals surface area contributed by atoms with Crippen molar-refractivity contribution in [1.82, 2.24) is 29.8 Å². The largest absolute Gasteiger partial charge is 0.328 e. The SMILES string of the molecule is CCONC(=O)c1cn(C2CCCCC2)c2nc(Nc3ccc(CCN4CCN(C)CC4)cc3)ncc2c1=O. The Labute approximate surface area is 229 Å². The Morgan fingerprint density at radius 2 is 1.82 bits per heavy atom. The minimum Gasteiger partial charge on any atom is -0.328 e. The van der Waals surface area contributed by atoms with Gasteiger partial charge in [-0.3, -0.25) is 14.4 Å². The molecule has 1 aliphatic heterocycles. The highest BCUT2D eigenvalue weighted by Gasteiger charge is 2.23. The predicted molar refractivity (Wildman–Crippen MR) is 152 cm³/mol. The monoisotopic (exact) mass is 533 g/mol. The number of hydrogen-bond donors (Lipinski definition) is 2. The number of pyridine rings is 1. The number of rotatable bonds is 9. The van der Waals surface area contributed by atoms with E-state index in [1.807, 2.05) is 16.7 Å². The molecule has 10 nitrogen and oxygen atoms in total. The number of likely N-dealkylation sites (N-methyl/N-ethyl adjacent to an activating group) is 1. The number of hydroxylamine groups is 1. The minimum absolute atomic E-state index is 0.0398. The number of fused-ring (bicyclic) bond motifs is 1. The number of benzene rings is 1. The lowest BCUT2D eigenvalue weighted by Gasteiger charge is -2.32. The fourth-order valence-electron chi connectivity index (χ4n) is 5.43. The van der Waals surface area contributed by atoms with E-state index in [1.165, 1.54) is 18.2 Å². The number of piperazine rings is 1. The maximum Gasteiger partial charge on any atom is 0.280 e. The van der Waals surface area contributed by atoms with Gasteiger partial charge >= 0.3 is 0 Å². The van der Waals surface area contributed by atoms with Gasteiger partial charge < -0.3 is 19.7 Å². The summed E-state index contributed by atoms with van der Waals surface area (Å²) in [5.74, 6) is -0.133. The van der Waals surface area contributed by atoms with Crippen molar-refractivity contribution in [2.45, 2.75) is 51.5 Å². The summed E-state index contributed by atoms with van der Waals surface area (Å²) in [5.41, 5.74) is 4.72. The summed E-state index contributed by atoms with van der Waals surface area (Å²) in [6, 6.07) is 8.54. The van der Waals surface area contributed by atoms with Crippen LogP contribution in [0.25, 0.3) is 11.0 Å². The fraction of sp³-hybridized carbons (Fsp3) is 0.517. The van der Waals surface area contributed by atoms with E-state index in [0.29, 0.717) is 23.6 Å². The molecule has 3 aromatic rings. The third-order valence-corrected chi connectivity index (χ3v) is 7.82. The third kappa shape index (κ3) is 6.63. The molecule has 0 atom stereocenters. The van der Waals surface area contributed by atoms with Gasteiger partial charge in [-0.2, -0.15) is 4.98 Å². The van der Waals surface area contributed by atoms with Gasteiger partial charge in [-0.1, -0.05) is 31.4 Å². The average Bonchev–Trinajstić information content (AvgIpc) is 2.97. The van der Waals surface area contributed by atoms with Crippen LogP contribution in [0.1, 0.15) is 61.0 Å². The van der Waals surface area contributed by atoms with Gasteiger partial charge in [-0.05, 0) is 50.9 Å². The van der Waals surface area contributed by atoms with E-state index in [2.05, 4.69) is 44.8 Å². The Kier molecular flexibility index (Phi) is 8.85. The van der Waals surface area contributed by atoms with Crippen LogP contribution in [0.15, 0.2) is 41.5 Å². The summed E-state index contributed by atoms with van der Waals surface area (Å²) in [7, 11) is 2.18. The summed E-state index contributed by atoms with van der Waals surface area (Å²) in [6.07, 6.45) is 9.55. The van der Waals surface area contributed by atoms with E-state index in [-0.39, 0.29) is 11.6 Å². The highest BCUT2D eigenvalue weighted by Crippen LogP contribution is 2.30. The first-order valence-electron chi connectivity index (χ1n) is 14.1. The molecule has 0 unspecified atom stereocenters. The van der Waals surface area contributed by atoms with Gasteiger partial charge in [0.1, 0.15) is 11.2 Å². The lowest BCUT2D eigenvalue weighted by atomic mass is 9.95. The molecule has 2 fully saturated rings. The van der Waals surface area contributed by atoms with Gasteiger partial charge in [-0.25, -0.2) is 10.5 Å². The normalized spacial score (nSPS) is 17.4. The van der Waals surface area contributed by atoms with E-state index >= 15 is 0 Å². The van der Waals surface area contributed by atoms with E-state index in [4.69, 9.17) is 9.82 Å². The van der Waals surface area contributed by atoms with Gasteiger partial charge in [0.25, 0.3) is 5.91 Å². The molecule has 3 heterocycles. The number of nitrogens with one attached hydrogen (secondary N) is 2. The van der Waals surface area contributed by atoms with Crippen LogP contribution < -0.4 is 16.2 Å². The second kappa shape index (κ2) is 12.7. The first kappa shape index (κ1) is 27.2. The van der Waals surface area contributed by atoms with Gasteiger partial charge in [-0.15, -0.1) is 0 Å². The zero-order valence-electron chi connectivity index (χ0n) is 23.0. The van der Waals surface area contributed by atoms with Crippen LogP contribution in [0.2, 0.25) is 0 Å². The lowest BCUT2D eigenvalue weighted by Crippen LogP contribution is -2.45. The van der Waals surface area contributed by atoms with Gasteiger partial charge in [0.2, 0.25) is 11.4 Å². The van der Waals surface area contributed by atoms with Crippen LogP contribution in [0, 0.1) is 0 Å². The van der Waals surface area contributed by atoms with E-state index in [9.17, 15) is 9.59 Å². The van der Waals surface area contributed by atoms with E-state index in [0.717, 1.165) is 70.5 Å². The van der Waals surface area contributed by atoms with Crippen LogP contribution in [0.4, 0.5) is 11.6 Å². The van der Waals surface area contributed by atoms with Gasteiger partial charge in [0.05, 0.1) is 12.0 Å². The predicted octanol–water partition coefficient (Wildman–Crippen LogP) is 3.51. The maximum absolute atomic E-state index is 13.2. The smallest absolute Gasteiger partial charge is 0.280 e. The van der Waals surface area contributed by atoms with Crippen molar-refractivity contribution in [2.75, 3.05) is 51.7 Å². The topological polar surface area (TPSA) is 105 Å². The number of carbonyl (C=O) groups is 1. The number of carbonyl (C=O) groups excluding carboxylic acids is 1. The second-order valence-corrected chi connectivity index (χ2v) is 10.6. The maximum atomic E-state index is 13.2. The standard InChI is InChI=1S/C29H39N7O3/c1-3-39-33-28(38)25-20-36(23-7-5-4-6-8-23)27-24(26(25)37)19-30-29(32-27)31-22-11-9-21(10-12-22)13-14-35-17-15-34(2)16-18-35/h9-12,19-20,23H,3-8,13-18H2,1-2H3,(H,33,38)(H,30,31,32). The third-order valence-electron chi connectivity index (χ3n) is 7.82. The van der Waals surface area contributed by atoms with Crippen LogP contribution in [-0.4, -0.2) is 76.6 Å². The molecule has 208 valence electrons. The van der Waals surface area contributed by atoms with Crippen molar-refractivity contribution < 1.29 is 9.63 Å². The molecule has 2 aliphatic rings. The van der Waals surface area contributed by atoms with Crippen LogP contribution in [-0.2, 0) is 11.3 Å². The number of hydrogen-bond acceptors (Lipinski definition) is 8. The molecule has 5 rings (SSSR count). The second-order valence-electron chi connectivity index (χ2n) is 10.6. The minimum atomic E-state index is -0.553. The summed E-state index contributed by atoms with van der Waals surface area (Å²) in [4.78, 5) is 45.1. The molecule has 2 N–H and O–H groups in total. The Morgan fingerprint density at radius 3 is 2.54 bits per heavy atom. The zero-order valence-corrected chi connectivity index (χ0v) is 23.0. The molecular formula is C29H39N7O3. The summed E-state index contributed by atoms with van der Waals surface area (Å²) < 4.78 is 1.99. The quantitative estimate of drug-likeness (QED) is 0.403. The number of nitrogens with zero attached hydrogens (tertiary/aromatic N) is 5. The molecule has 0 radical (unpaired) electrons. The summed E-state index contributed by atoms with van der Waals surface area (Å²) in [6.45, 7) is 7.66. The molecule has 39 heavy (non-hydrogen) atoms. The molecular weight excluding hydrogens is 494 g/mol. The lowest BCUT2D eigenvalue weighted by molar-refractivity contribution is 0.0363. The van der Waals surface area contributed by atoms with Crippen molar-refractivity contribution in [3.8, 4) is 0 Å². The van der Waals surface area contributed by atoms with Crippen molar-refractivity contribution >= 4 is 28.6 Å². The van der Waals surface area contributed by atoms with Crippen LogP contribution in [0.3, 0.4) is 0 Å². The molecule has 1 saturated heterocycles. The number of aromatic nitrogens is 3. The Hall–Kier alpha value is -3.34. The van der Waals surface area contributed by atoms with Crippen molar-refractivity contribution in [3.63, 3.8) is 0 Å². The van der Waals surface area contributed by atoms with Crippen LogP contribution in [0.5, 0.6) is 0 Å². The average molecular weight is 534 g/mol. The first-order chi connectivity index (χ1) is 19.0. The molecule has 1 aliphatic carbocycles. The molecule has 1 saturated carbocycles. The highest BCUT2D eigenvalue weighted by atomic mass is 16.6. The Balaban J connectivity index is 1.35. The molecule has 0 bridgehead atoms. The molecule has 1 amide bonds. The Morgan fingerprint density at radius 1 is 1.08 bits per heavy atom. The van der Waals surface area contributed by atoms with Crippen LogP contribution >= 0.6 is 0 Å². The van der Waals surface area contributed by atoms with Crippen molar-refractivity contribution in [1.29, 1.82) is 0 Å². The fourth-order valence-corrected chi connectivity index (χ4v) is 5.43. The summed E-state index contributed by atoms with van der Waals surface area (Å²) in [5, 5.41) is 3.62. The number of anilines is 2. The molecule has 2 aromatic heterocycles. The first-order valence-corrected chi connectivity index (χ1v) is 14.1.